The van der Waals surface area contributed by atoms with E-state index in [1.165, 1.54) is 38.5 Å². The maximum absolute atomic E-state index is 11.4. The normalized spacial score (nSPS) is 49.4. The molecule has 2 unspecified atom stereocenters. The van der Waals surface area contributed by atoms with E-state index in [1.54, 1.807) is 0 Å². The molecule has 2 aliphatic carbocycles. The molecule has 1 amide bonds. The largest absolute Gasteiger partial charge is 0.356 e. The van der Waals surface area contributed by atoms with E-state index >= 15 is 0 Å². The fourth-order valence-corrected chi connectivity index (χ4v) is 4.53. The third-order valence-electron chi connectivity index (χ3n) is 5.19. The van der Waals surface area contributed by atoms with E-state index in [0.717, 1.165) is 18.9 Å². The Labute approximate surface area is 91.8 Å². The van der Waals surface area contributed by atoms with Crippen molar-refractivity contribution >= 4 is 5.91 Å². The molecule has 1 N–H and O–H groups in total. The van der Waals surface area contributed by atoms with Crippen LogP contribution < -0.4 is 5.32 Å². The van der Waals surface area contributed by atoms with Crippen LogP contribution in [0.4, 0.5) is 0 Å². The first-order valence-corrected chi connectivity index (χ1v) is 6.39. The van der Waals surface area contributed by atoms with Crippen LogP contribution in [0.25, 0.3) is 0 Å². The summed E-state index contributed by atoms with van der Waals surface area (Å²) >= 11 is 0. The summed E-state index contributed by atoms with van der Waals surface area (Å²) in [6, 6.07) is 0. The zero-order valence-electron chi connectivity index (χ0n) is 9.64. The summed E-state index contributed by atoms with van der Waals surface area (Å²) in [6.07, 6.45) is 9.03. The smallest absolute Gasteiger partial charge is 0.220 e. The number of hydrogen-bond donors (Lipinski definition) is 1. The van der Waals surface area contributed by atoms with Crippen molar-refractivity contribution in [3.05, 3.63) is 0 Å². The highest BCUT2D eigenvalue weighted by Gasteiger charge is 2.54. The molecule has 0 radical (unpaired) electrons. The van der Waals surface area contributed by atoms with E-state index in [4.69, 9.17) is 0 Å². The van der Waals surface area contributed by atoms with Gasteiger partial charge in [-0.15, -0.1) is 0 Å². The third-order valence-corrected chi connectivity index (χ3v) is 5.19. The van der Waals surface area contributed by atoms with Crippen LogP contribution in [0.3, 0.4) is 0 Å². The van der Waals surface area contributed by atoms with Gasteiger partial charge in [-0.25, -0.2) is 0 Å². The summed E-state index contributed by atoms with van der Waals surface area (Å²) < 4.78 is 0. The number of fused-ring (bicyclic) bond motifs is 1. The Morgan fingerprint density at radius 1 is 1.40 bits per heavy atom. The minimum absolute atomic E-state index is 0.289. The highest BCUT2D eigenvalue weighted by molar-refractivity contribution is 5.79. The van der Waals surface area contributed by atoms with E-state index in [1.807, 2.05) is 0 Å². The van der Waals surface area contributed by atoms with Gasteiger partial charge in [0, 0.05) is 13.0 Å². The second-order valence-corrected chi connectivity index (χ2v) is 6.43. The van der Waals surface area contributed by atoms with Gasteiger partial charge in [-0.2, -0.15) is 0 Å². The lowest BCUT2D eigenvalue weighted by atomic mass is 9.69. The first kappa shape index (κ1) is 9.68. The van der Waals surface area contributed by atoms with Gasteiger partial charge in [-0.3, -0.25) is 4.79 Å². The standard InChI is InChI=1S/C13H21NO/c1-12-5-3-2-4-10(12)6-13(8-12)7-11(15)14-9-13/h10H,2-9H2,1H3,(H,14,15)/t10?,12-,13?/m1/s1. The molecule has 3 rings (SSSR count). The Morgan fingerprint density at radius 2 is 2.27 bits per heavy atom. The quantitative estimate of drug-likeness (QED) is 0.649. The predicted molar refractivity (Wildman–Crippen MR) is 59.4 cm³/mol. The van der Waals surface area contributed by atoms with E-state index in [9.17, 15) is 4.79 Å². The summed E-state index contributed by atoms with van der Waals surface area (Å²) in [4.78, 5) is 11.4. The zero-order valence-corrected chi connectivity index (χ0v) is 9.64. The van der Waals surface area contributed by atoms with Gasteiger partial charge in [0.15, 0.2) is 0 Å². The number of rotatable bonds is 0. The van der Waals surface area contributed by atoms with Crippen LogP contribution in [0.2, 0.25) is 0 Å². The SMILES string of the molecule is C[C@]12CCCCC1CC1(CNC(=O)C1)C2. The molecule has 0 aromatic heterocycles. The molecule has 1 spiro atoms. The fourth-order valence-electron chi connectivity index (χ4n) is 4.53. The molecule has 3 fully saturated rings. The molecule has 1 heterocycles. The molecule has 2 saturated carbocycles. The molecule has 0 aromatic rings. The van der Waals surface area contributed by atoms with Crippen molar-refractivity contribution in [1.82, 2.24) is 5.32 Å². The Bertz CT molecular complexity index is 301. The van der Waals surface area contributed by atoms with Crippen molar-refractivity contribution in [3.8, 4) is 0 Å². The van der Waals surface area contributed by atoms with Crippen molar-refractivity contribution < 1.29 is 4.79 Å². The first-order chi connectivity index (χ1) is 7.12. The van der Waals surface area contributed by atoms with Crippen LogP contribution in [0, 0.1) is 16.7 Å². The Hall–Kier alpha value is -0.530. The number of carbonyl (C=O) groups excluding carboxylic acids is 1. The van der Waals surface area contributed by atoms with Crippen LogP contribution in [-0.2, 0) is 4.79 Å². The molecular formula is C13H21NO. The maximum Gasteiger partial charge on any atom is 0.220 e. The number of nitrogens with one attached hydrogen (secondary N) is 1. The summed E-state index contributed by atoms with van der Waals surface area (Å²) in [7, 11) is 0. The van der Waals surface area contributed by atoms with Crippen LogP contribution in [-0.4, -0.2) is 12.5 Å². The van der Waals surface area contributed by atoms with Crippen LogP contribution in [0.1, 0.15) is 51.9 Å². The Balaban J connectivity index is 1.83. The first-order valence-electron chi connectivity index (χ1n) is 6.39. The molecule has 2 nitrogen and oxygen atoms in total. The van der Waals surface area contributed by atoms with Gasteiger partial charge in [0.05, 0.1) is 0 Å². The molecule has 2 heteroatoms. The molecule has 0 bridgehead atoms. The van der Waals surface area contributed by atoms with Crippen molar-refractivity contribution in [2.24, 2.45) is 16.7 Å². The maximum atomic E-state index is 11.4. The minimum atomic E-state index is 0.289. The summed E-state index contributed by atoms with van der Waals surface area (Å²) in [5.41, 5.74) is 0.908. The molecule has 15 heavy (non-hydrogen) atoms. The average molecular weight is 207 g/mol. The second kappa shape index (κ2) is 2.99. The van der Waals surface area contributed by atoms with Crippen LogP contribution >= 0.6 is 0 Å². The topological polar surface area (TPSA) is 29.1 Å². The fraction of sp³-hybridized carbons (Fsp3) is 0.923. The number of carbonyl (C=O) groups is 1. The van der Waals surface area contributed by atoms with Gasteiger partial charge < -0.3 is 5.32 Å². The summed E-state index contributed by atoms with van der Waals surface area (Å²) in [5, 5.41) is 3.04. The van der Waals surface area contributed by atoms with Crippen LogP contribution in [0.5, 0.6) is 0 Å². The van der Waals surface area contributed by atoms with Crippen molar-refractivity contribution in [2.45, 2.75) is 51.9 Å². The van der Waals surface area contributed by atoms with Gasteiger partial charge in [0.1, 0.15) is 0 Å². The molecule has 84 valence electrons. The Morgan fingerprint density at radius 3 is 2.93 bits per heavy atom. The molecule has 3 aliphatic rings. The van der Waals surface area contributed by atoms with Gasteiger partial charge in [0.25, 0.3) is 0 Å². The monoisotopic (exact) mass is 207 g/mol. The molecule has 1 saturated heterocycles. The summed E-state index contributed by atoms with van der Waals surface area (Å²) in [6.45, 7) is 3.42. The predicted octanol–water partition coefficient (Wildman–Crippen LogP) is 2.48. The lowest BCUT2D eigenvalue weighted by Crippen LogP contribution is -2.26. The van der Waals surface area contributed by atoms with E-state index in [-0.39, 0.29) is 5.91 Å². The summed E-state index contributed by atoms with van der Waals surface area (Å²) in [5.74, 6) is 1.19. The molecule has 1 aliphatic heterocycles. The highest BCUT2D eigenvalue weighted by Crippen LogP contribution is 2.60. The van der Waals surface area contributed by atoms with E-state index in [0.29, 0.717) is 10.8 Å². The van der Waals surface area contributed by atoms with E-state index in [2.05, 4.69) is 12.2 Å². The minimum Gasteiger partial charge on any atom is -0.356 e. The van der Waals surface area contributed by atoms with Gasteiger partial charge in [0.2, 0.25) is 5.91 Å². The molecule has 3 atom stereocenters. The molecule has 0 aromatic carbocycles. The highest BCUT2D eigenvalue weighted by atomic mass is 16.1. The van der Waals surface area contributed by atoms with E-state index < -0.39 is 0 Å². The average Bonchev–Trinajstić information content (AvgIpc) is 2.66. The number of hydrogen-bond acceptors (Lipinski definition) is 1. The van der Waals surface area contributed by atoms with Crippen molar-refractivity contribution in [1.29, 1.82) is 0 Å². The zero-order chi connectivity index (χ0) is 10.5. The lowest BCUT2D eigenvalue weighted by Gasteiger charge is -2.36. The van der Waals surface area contributed by atoms with Crippen molar-refractivity contribution in [2.75, 3.05) is 6.54 Å². The number of amides is 1. The van der Waals surface area contributed by atoms with Gasteiger partial charge in [-0.05, 0) is 42.4 Å². The Kier molecular flexibility index (Phi) is 1.93. The van der Waals surface area contributed by atoms with Crippen LogP contribution in [0.15, 0.2) is 0 Å². The molecular weight excluding hydrogens is 186 g/mol. The second-order valence-electron chi connectivity index (χ2n) is 6.43. The lowest BCUT2D eigenvalue weighted by molar-refractivity contribution is -0.119. The third kappa shape index (κ3) is 1.41. The van der Waals surface area contributed by atoms with Gasteiger partial charge >= 0.3 is 0 Å². The van der Waals surface area contributed by atoms with Gasteiger partial charge in [-0.1, -0.05) is 19.8 Å². The van der Waals surface area contributed by atoms with Crippen molar-refractivity contribution in [3.63, 3.8) is 0 Å².